The summed E-state index contributed by atoms with van der Waals surface area (Å²) in [6.45, 7) is 3.98. The molecule has 3 heterocycles. The van der Waals surface area contributed by atoms with Crippen LogP contribution in [0.1, 0.15) is 27.5 Å². The largest absolute Gasteiger partial charge is 0.508 e. The molecular formula is C29H26FN5O3S. The Morgan fingerprint density at radius 3 is 2.56 bits per heavy atom. The van der Waals surface area contributed by atoms with Crippen molar-refractivity contribution < 1.29 is 19.1 Å². The molecule has 0 unspecified atom stereocenters. The number of phenolic OH excluding ortho intramolecular Hbond substituents is 1. The molecule has 0 aliphatic carbocycles. The molecule has 0 bridgehead atoms. The Hall–Kier alpha value is -4.28. The smallest absolute Gasteiger partial charge is 0.255 e. The van der Waals surface area contributed by atoms with E-state index >= 15 is 0 Å². The number of rotatable bonds is 6. The van der Waals surface area contributed by atoms with Gasteiger partial charge in [-0.05, 0) is 53.1 Å². The Kier molecular flexibility index (Phi) is 6.72. The van der Waals surface area contributed by atoms with Crippen LogP contribution in [-0.2, 0) is 11.3 Å². The molecule has 2 aliphatic heterocycles. The second-order valence-electron chi connectivity index (χ2n) is 9.52. The number of piperazine rings is 1. The second kappa shape index (κ2) is 10.5. The molecule has 8 nitrogen and oxygen atoms in total. The Bertz CT molecular complexity index is 1520. The maximum absolute atomic E-state index is 14.2. The summed E-state index contributed by atoms with van der Waals surface area (Å²) in [5.74, 6) is -1.85. The van der Waals surface area contributed by atoms with Gasteiger partial charge in [-0.2, -0.15) is 0 Å². The predicted molar refractivity (Wildman–Crippen MR) is 148 cm³/mol. The van der Waals surface area contributed by atoms with Gasteiger partial charge in [0.15, 0.2) is 5.13 Å². The van der Waals surface area contributed by atoms with Gasteiger partial charge in [0.1, 0.15) is 17.6 Å². The van der Waals surface area contributed by atoms with Gasteiger partial charge >= 0.3 is 0 Å². The van der Waals surface area contributed by atoms with Gasteiger partial charge in [-0.25, -0.2) is 9.37 Å². The lowest BCUT2D eigenvalue weighted by atomic mass is 10.00. The Labute approximate surface area is 228 Å². The minimum atomic E-state index is -1.26. The van der Waals surface area contributed by atoms with E-state index in [1.165, 1.54) is 22.3 Å². The molecule has 0 spiro atoms. The standard InChI is InChI=1S/C29H26FN5O3S/c30-21-5-8-25(36)24(16-21)26(27(37)33-29-32-11-14-39-29)35-17-20-2-1-19(15-23(20)28(35)38)18-3-6-22(7-4-18)34-12-9-31-10-13-34/h1-8,11,14-16,26,31,36H,9-10,12-13,17H2,(H,32,33,37)/t26-/m1/s1. The number of nitrogens with one attached hydrogen (secondary N) is 2. The van der Waals surface area contributed by atoms with Crippen molar-refractivity contribution in [2.75, 3.05) is 36.4 Å². The number of fused-ring (bicyclic) bond motifs is 1. The first-order valence-electron chi connectivity index (χ1n) is 12.7. The molecule has 1 fully saturated rings. The lowest BCUT2D eigenvalue weighted by Gasteiger charge is -2.29. The minimum absolute atomic E-state index is 0.00828. The molecule has 1 atom stereocenters. The molecule has 0 radical (unpaired) electrons. The van der Waals surface area contributed by atoms with Crippen molar-refractivity contribution in [3.8, 4) is 16.9 Å². The van der Waals surface area contributed by atoms with E-state index in [-0.39, 0.29) is 23.8 Å². The van der Waals surface area contributed by atoms with Gasteiger partial charge in [-0.15, -0.1) is 11.3 Å². The summed E-state index contributed by atoms with van der Waals surface area (Å²) in [5.41, 5.74) is 4.25. The molecule has 198 valence electrons. The number of amides is 2. The highest BCUT2D eigenvalue weighted by Gasteiger charge is 2.39. The number of benzene rings is 3. The number of hydrogen-bond donors (Lipinski definition) is 3. The number of aromatic nitrogens is 1. The van der Waals surface area contributed by atoms with E-state index in [1.807, 2.05) is 30.3 Å². The van der Waals surface area contributed by atoms with Crippen molar-refractivity contribution >= 4 is 34.0 Å². The number of aromatic hydroxyl groups is 1. The topological polar surface area (TPSA) is 97.8 Å². The van der Waals surface area contributed by atoms with Crippen LogP contribution in [0.15, 0.2) is 72.2 Å². The van der Waals surface area contributed by atoms with Crippen LogP contribution in [0.3, 0.4) is 0 Å². The molecular weight excluding hydrogens is 517 g/mol. The Morgan fingerprint density at radius 2 is 1.82 bits per heavy atom. The van der Waals surface area contributed by atoms with E-state index in [0.717, 1.165) is 60.7 Å². The van der Waals surface area contributed by atoms with Gasteiger partial charge in [-0.1, -0.05) is 24.3 Å². The molecule has 10 heteroatoms. The number of phenols is 1. The van der Waals surface area contributed by atoms with Crippen LogP contribution in [0.5, 0.6) is 5.75 Å². The number of thiazole rings is 1. The molecule has 1 saturated heterocycles. The molecule has 0 saturated carbocycles. The van der Waals surface area contributed by atoms with Gasteiger partial charge in [0.25, 0.3) is 11.8 Å². The summed E-state index contributed by atoms with van der Waals surface area (Å²) in [6, 6.07) is 16.1. The van der Waals surface area contributed by atoms with E-state index in [2.05, 4.69) is 32.7 Å². The van der Waals surface area contributed by atoms with Crippen LogP contribution >= 0.6 is 11.3 Å². The van der Waals surface area contributed by atoms with Crippen LogP contribution in [0.25, 0.3) is 11.1 Å². The van der Waals surface area contributed by atoms with Gasteiger partial charge in [0, 0.05) is 61.1 Å². The molecule has 39 heavy (non-hydrogen) atoms. The fourth-order valence-electron chi connectivity index (χ4n) is 5.15. The Balaban J connectivity index is 1.30. The zero-order valence-corrected chi connectivity index (χ0v) is 21.7. The first kappa shape index (κ1) is 25.0. The normalized spacial score (nSPS) is 15.8. The second-order valence-corrected chi connectivity index (χ2v) is 10.4. The molecule has 3 aromatic carbocycles. The van der Waals surface area contributed by atoms with Gasteiger partial charge < -0.3 is 20.2 Å². The molecule has 4 aromatic rings. The molecule has 1 aromatic heterocycles. The lowest BCUT2D eigenvalue weighted by molar-refractivity contribution is -0.120. The van der Waals surface area contributed by atoms with Crippen LogP contribution < -0.4 is 15.5 Å². The highest BCUT2D eigenvalue weighted by molar-refractivity contribution is 7.13. The Morgan fingerprint density at radius 1 is 1.05 bits per heavy atom. The average Bonchev–Trinajstić information content (AvgIpc) is 3.59. The van der Waals surface area contributed by atoms with Gasteiger partial charge in [0.2, 0.25) is 0 Å². The van der Waals surface area contributed by atoms with E-state index in [1.54, 1.807) is 11.6 Å². The number of hydrogen-bond acceptors (Lipinski definition) is 7. The summed E-state index contributed by atoms with van der Waals surface area (Å²) in [5, 5.41) is 18.7. The highest BCUT2D eigenvalue weighted by Crippen LogP contribution is 2.38. The fraction of sp³-hybridized carbons (Fsp3) is 0.207. The maximum atomic E-state index is 14.2. The summed E-state index contributed by atoms with van der Waals surface area (Å²) < 4.78 is 14.2. The monoisotopic (exact) mass is 543 g/mol. The number of carbonyl (C=O) groups is 2. The summed E-state index contributed by atoms with van der Waals surface area (Å²) in [7, 11) is 0. The van der Waals surface area contributed by atoms with Crippen LogP contribution in [0.4, 0.5) is 15.2 Å². The summed E-state index contributed by atoms with van der Waals surface area (Å²) >= 11 is 1.22. The van der Waals surface area contributed by atoms with Crippen molar-refractivity contribution in [1.29, 1.82) is 0 Å². The van der Waals surface area contributed by atoms with Gasteiger partial charge in [0.05, 0.1) is 0 Å². The molecule has 2 amide bonds. The molecule has 6 rings (SSSR count). The first-order valence-corrected chi connectivity index (χ1v) is 13.5. The average molecular weight is 544 g/mol. The third-order valence-electron chi connectivity index (χ3n) is 7.13. The summed E-state index contributed by atoms with van der Waals surface area (Å²) in [4.78, 5) is 34.9. The number of halogens is 1. The molecule has 2 aliphatic rings. The molecule has 3 N–H and O–H groups in total. The number of nitrogens with zero attached hydrogens (tertiary/aromatic N) is 3. The van der Waals surface area contributed by atoms with E-state index in [0.29, 0.717) is 10.7 Å². The first-order chi connectivity index (χ1) is 19.0. The quantitative estimate of drug-likeness (QED) is 0.334. The minimum Gasteiger partial charge on any atom is -0.508 e. The van der Waals surface area contributed by atoms with Crippen LogP contribution in [0, 0.1) is 5.82 Å². The van der Waals surface area contributed by atoms with E-state index < -0.39 is 17.8 Å². The third kappa shape index (κ3) is 4.96. The van der Waals surface area contributed by atoms with Crippen molar-refractivity contribution in [2.24, 2.45) is 0 Å². The lowest BCUT2D eigenvalue weighted by Crippen LogP contribution is -2.43. The van der Waals surface area contributed by atoms with E-state index in [4.69, 9.17) is 0 Å². The fourth-order valence-corrected chi connectivity index (χ4v) is 5.69. The number of carbonyl (C=O) groups excluding carboxylic acids is 2. The van der Waals surface area contributed by atoms with Crippen molar-refractivity contribution in [3.63, 3.8) is 0 Å². The van der Waals surface area contributed by atoms with Crippen molar-refractivity contribution in [1.82, 2.24) is 15.2 Å². The van der Waals surface area contributed by atoms with Crippen LogP contribution in [0.2, 0.25) is 0 Å². The number of anilines is 2. The predicted octanol–water partition coefficient (Wildman–Crippen LogP) is 4.40. The zero-order chi connectivity index (χ0) is 26.9. The summed E-state index contributed by atoms with van der Waals surface area (Å²) in [6.07, 6.45) is 1.55. The third-order valence-corrected chi connectivity index (χ3v) is 7.82. The zero-order valence-electron chi connectivity index (χ0n) is 20.9. The SMILES string of the molecule is O=C(Nc1nccs1)[C@@H](c1cc(F)ccc1O)N1Cc2ccc(-c3ccc(N4CCNCC4)cc3)cc2C1=O. The van der Waals surface area contributed by atoms with E-state index in [9.17, 15) is 19.1 Å². The highest BCUT2D eigenvalue weighted by atomic mass is 32.1. The van der Waals surface area contributed by atoms with Crippen LogP contribution in [-0.4, -0.2) is 53.0 Å². The van der Waals surface area contributed by atoms with Crippen molar-refractivity contribution in [2.45, 2.75) is 12.6 Å². The maximum Gasteiger partial charge on any atom is 0.255 e. The van der Waals surface area contributed by atoms with Gasteiger partial charge in [-0.3, -0.25) is 14.9 Å². The van der Waals surface area contributed by atoms with Crippen molar-refractivity contribution in [3.05, 3.63) is 94.7 Å².